The van der Waals surface area contributed by atoms with Crippen molar-refractivity contribution in [1.29, 1.82) is 0 Å². The van der Waals surface area contributed by atoms with Gasteiger partial charge in [-0.15, -0.1) is 0 Å². The van der Waals surface area contributed by atoms with Crippen LogP contribution in [0.1, 0.15) is 30.0 Å². The van der Waals surface area contributed by atoms with Crippen LogP contribution in [0.3, 0.4) is 0 Å². The number of nitrogens with zero attached hydrogens (tertiary/aromatic N) is 3. The third kappa shape index (κ3) is 1.56. The third-order valence-corrected chi connectivity index (χ3v) is 2.97. The quantitative estimate of drug-likeness (QED) is 0.832. The lowest BCUT2D eigenvalue weighted by atomic mass is 10.2. The summed E-state index contributed by atoms with van der Waals surface area (Å²) in [5, 5.41) is 0. The smallest absolute Gasteiger partial charge is 0.125 e. The standard InChI is InChI=1S/C12H14N4/c1-8-5-14-12(13)4-11(8)16-6-10(15-7-16)9-2-3-9/h4-7,9H,2-3H2,1H3,(H2,13,14). The van der Waals surface area contributed by atoms with Gasteiger partial charge in [-0.3, -0.25) is 0 Å². The second kappa shape index (κ2) is 3.33. The number of aromatic nitrogens is 3. The maximum absolute atomic E-state index is 5.70. The molecule has 1 saturated carbocycles. The first-order valence-electron chi connectivity index (χ1n) is 5.50. The molecule has 0 bridgehead atoms. The SMILES string of the molecule is Cc1cnc(N)cc1-n1cnc(C2CC2)c1. The minimum absolute atomic E-state index is 0.544. The summed E-state index contributed by atoms with van der Waals surface area (Å²) in [7, 11) is 0. The number of pyridine rings is 1. The van der Waals surface area contributed by atoms with Crippen molar-refractivity contribution in [1.82, 2.24) is 14.5 Å². The Morgan fingerprint density at radius 2 is 2.19 bits per heavy atom. The number of imidazole rings is 1. The monoisotopic (exact) mass is 214 g/mol. The minimum Gasteiger partial charge on any atom is -0.384 e. The highest BCUT2D eigenvalue weighted by Gasteiger charge is 2.25. The first kappa shape index (κ1) is 9.39. The third-order valence-electron chi connectivity index (χ3n) is 2.97. The Bertz CT molecular complexity index is 526. The molecule has 4 heteroatoms. The van der Waals surface area contributed by atoms with Gasteiger partial charge >= 0.3 is 0 Å². The predicted molar refractivity (Wildman–Crippen MR) is 62.5 cm³/mol. The van der Waals surface area contributed by atoms with E-state index >= 15 is 0 Å². The average molecular weight is 214 g/mol. The summed E-state index contributed by atoms with van der Waals surface area (Å²) in [6, 6.07) is 1.88. The molecular formula is C12H14N4. The fourth-order valence-electron chi connectivity index (χ4n) is 1.87. The lowest BCUT2D eigenvalue weighted by molar-refractivity contribution is 1.03. The molecule has 0 atom stereocenters. The number of nitrogens with two attached hydrogens (primary N) is 1. The average Bonchev–Trinajstić information content (AvgIpc) is 3.01. The Hall–Kier alpha value is -1.84. The second-order valence-electron chi connectivity index (χ2n) is 4.38. The molecule has 4 nitrogen and oxygen atoms in total. The van der Waals surface area contributed by atoms with Crippen LogP contribution >= 0.6 is 0 Å². The van der Waals surface area contributed by atoms with Crippen LogP contribution in [0.15, 0.2) is 24.8 Å². The molecule has 16 heavy (non-hydrogen) atoms. The number of rotatable bonds is 2. The summed E-state index contributed by atoms with van der Waals surface area (Å²) < 4.78 is 2.03. The molecule has 3 rings (SSSR count). The molecule has 2 aromatic heterocycles. The van der Waals surface area contributed by atoms with Crippen LogP contribution in [0.25, 0.3) is 5.69 Å². The van der Waals surface area contributed by atoms with Crippen molar-refractivity contribution in [3.8, 4) is 5.69 Å². The molecule has 0 amide bonds. The zero-order valence-corrected chi connectivity index (χ0v) is 9.22. The van der Waals surface area contributed by atoms with E-state index in [0.717, 1.165) is 11.3 Å². The Balaban J connectivity index is 2.03. The first-order valence-corrected chi connectivity index (χ1v) is 5.50. The largest absolute Gasteiger partial charge is 0.384 e. The van der Waals surface area contributed by atoms with Crippen LogP contribution in [0.2, 0.25) is 0 Å². The van der Waals surface area contributed by atoms with Crippen LogP contribution in [0.4, 0.5) is 5.82 Å². The molecule has 0 aliphatic heterocycles. The van der Waals surface area contributed by atoms with Gasteiger partial charge in [0.1, 0.15) is 5.82 Å². The zero-order chi connectivity index (χ0) is 11.1. The van der Waals surface area contributed by atoms with Crippen molar-refractivity contribution >= 4 is 5.82 Å². The fourth-order valence-corrected chi connectivity index (χ4v) is 1.87. The van der Waals surface area contributed by atoms with Gasteiger partial charge in [0.2, 0.25) is 0 Å². The van der Waals surface area contributed by atoms with Gasteiger partial charge in [-0.05, 0) is 25.3 Å². The molecule has 0 unspecified atom stereocenters. The normalized spacial score (nSPS) is 15.3. The molecule has 2 aromatic rings. The van der Waals surface area contributed by atoms with Crippen molar-refractivity contribution in [3.63, 3.8) is 0 Å². The summed E-state index contributed by atoms with van der Waals surface area (Å²) >= 11 is 0. The number of hydrogen-bond donors (Lipinski definition) is 1. The van der Waals surface area contributed by atoms with E-state index in [-0.39, 0.29) is 0 Å². The highest BCUT2D eigenvalue weighted by Crippen LogP contribution is 2.39. The Labute approximate surface area is 94.1 Å². The van der Waals surface area contributed by atoms with Gasteiger partial charge < -0.3 is 10.3 Å². The van der Waals surface area contributed by atoms with Gasteiger partial charge in [-0.25, -0.2) is 9.97 Å². The van der Waals surface area contributed by atoms with Gasteiger partial charge in [0, 0.05) is 24.4 Å². The fraction of sp³-hybridized carbons (Fsp3) is 0.333. The van der Waals surface area contributed by atoms with E-state index in [0.29, 0.717) is 11.7 Å². The van der Waals surface area contributed by atoms with Gasteiger partial charge in [-0.1, -0.05) is 0 Å². The summed E-state index contributed by atoms with van der Waals surface area (Å²) in [4.78, 5) is 8.49. The topological polar surface area (TPSA) is 56.7 Å². The molecule has 82 valence electrons. The van der Waals surface area contributed by atoms with Crippen molar-refractivity contribution < 1.29 is 0 Å². The Morgan fingerprint density at radius 1 is 1.38 bits per heavy atom. The van der Waals surface area contributed by atoms with E-state index in [1.165, 1.54) is 18.5 Å². The summed E-state index contributed by atoms with van der Waals surface area (Å²) in [6.45, 7) is 2.03. The van der Waals surface area contributed by atoms with Gasteiger partial charge in [0.05, 0.1) is 17.7 Å². The zero-order valence-electron chi connectivity index (χ0n) is 9.22. The Kier molecular flexibility index (Phi) is 1.96. The first-order chi connectivity index (χ1) is 7.74. The number of aryl methyl sites for hydroxylation is 1. The molecule has 2 heterocycles. The van der Waals surface area contributed by atoms with E-state index in [9.17, 15) is 0 Å². The van der Waals surface area contributed by atoms with Gasteiger partial charge in [0.25, 0.3) is 0 Å². The van der Waals surface area contributed by atoms with Gasteiger partial charge in [-0.2, -0.15) is 0 Å². The van der Waals surface area contributed by atoms with E-state index in [1.807, 2.05) is 23.9 Å². The van der Waals surface area contributed by atoms with E-state index < -0.39 is 0 Å². The second-order valence-corrected chi connectivity index (χ2v) is 4.38. The number of nitrogen functional groups attached to an aromatic ring is 1. The van der Waals surface area contributed by atoms with Crippen molar-refractivity contribution in [2.45, 2.75) is 25.7 Å². The van der Waals surface area contributed by atoms with E-state index in [1.54, 1.807) is 6.20 Å². The minimum atomic E-state index is 0.544. The predicted octanol–water partition coefficient (Wildman–Crippen LogP) is 2.04. The van der Waals surface area contributed by atoms with Gasteiger partial charge in [0.15, 0.2) is 0 Å². The molecule has 1 aliphatic carbocycles. The Morgan fingerprint density at radius 3 is 2.94 bits per heavy atom. The summed E-state index contributed by atoms with van der Waals surface area (Å²) in [5.74, 6) is 1.23. The molecule has 1 aliphatic rings. The molecule has 1 fully saturated rings. The highest BCUT2D eigenvalue weighted by molar-refractivity contribution is 5.47. The van der Waals surface area contributed by atoms with E-state index in [2.05, 4.69) is 16.2 Å². The van der Waals surface area contributed by atoms with Crippen molar-refractivity contribution in [3.05, 3.63) is 36.0 Å². The highest BCUT2D eigenvalue weighted by atomic mass is 15.0. The maximum Gasteiger partial charge on any atom is 0.125 e. The maximum atomic E-state index is 5.70. The van der Waals surface area contributed by atoms with Crippen LogP contribution < -0.4 is 5.73 Å². The van der Waals surface area contributed by atoms with Crippen LogP contribution in [-0.4, -0.2) is 14.5 Å². The molecule has 0 radical (unpaired) electrons. The van der Waals surface area contributed by atoms with Crippen LogP contribution in [0.5, 0.6) is 0 Å². The van der Waals surface area contributed by atoms with Crippen LogP contribution in [0, 0.1) is 6.92 Å². The van der Waals surface area contributed by atoms with Crippen molar-refractivity contribution in [2.75, 3.05) is 5.73 Å². The molecule has 0 aromatic carbocycles. The molecular weight excluding hydrogens is 200 g/mol. The molecule has 0 spiro atoms. The van der Waals surface area contributed by atoms with Crippen LogP contribution in [-0.2, 0) is 0 Å². The van der Waals surface area contributed by atoms with E-state index in [4.69, 9.17) is 5.73 Å². The lowest BCUT2D eigenvalue weighted by Gasteiger charge is -2.06. The number of hydrogen-bond acceptors (Lipinski definition) is 3. The molecule has 0 saturated heterocycles. The van der Waals surface area contributed by atoms with Crippen molar-refractivity contribution in [2.24, 2.45) is 0 Å². The summed E-state index contributed by atoms with van der Waals surface area (Å²) in [6.07, 6.45) is 8.29. The molecule has 2 N–H and O–H groups in total. The lowest BCUT2D eigenvalue weighted by Crippen LogP contribution is -1.98. The summed E-state index contributed by atoms with van der Waals surface area (Å²) in [5.41, 5.74) is 9.06. The number of anilines is 1.